The van der Waals surface area contributed by atoms with Crippen molar-refractivity contribution in [3.05, 3.63) is 65.1 Å². The van der Waals surface area contributed by atoms with Crippen molar-refractivity contribution in [3.8, 4) is 0 Å². The normalized spacial score (nSPS) is 23.0. The average molecular weight is 512 g/mol. The highest BCUT2D eigenvalue weighted by molar-refractivity contribution is 6.35. The minimum absolute atomic E-state index is 0.221. The molecule has 2 saturated heterocycles. The number of rotatable bonds is 4. The molecule has 3 unspecified atom stereocenters. The van der Waals surface area contributed by atoms with Crippen molar-refractivity contribution in [3.63, 3.8) is 0 Å². The quantitative estimate of drug-likeness (QED) is 0.274. The smallest absolute Gasteiger partial charge is 0.416 e. The number of carboxylic acid groups (broad SMARTS) is 1. The first-order valence-corrected chi connectivity index (χ1v) is 11.3. The van der Waals surface area contributed by atoms with E-state index in [1.807, 2.05) is 0 Å². The van der Waals surface area contributed by atoms with E-state index in [2.05, 4.69) is 15.5 Å². The van der Waals surface area contributed by atoms with Crippen LogP contribution in [0.3, 0.4) is 0 Å². The van der Waals surface area contributed by atoms with Crippen LogP contribution in [0.2, 0.25) is 5.02 Å². The highest BCUT2D eigenvalue weighted by atomic mass is 35.5. The Morgan fingerprint density at radius 2 is 1.92 bits per heavy atom. The Labute approximate surface area is 210 Å². The molecule has 3 atom stereocenters. The van der Waals surface area contributed by atoms with Crippen LogP contribution in [0.1, 0.15) is 11.3 Å². The van der Waals surface area contributed by atoms with Gasteiger partial charge in [-0.3, -0.25) is 24.9 Å². The summed E-state index contributed by atoms with van der Waals surface area (Å²) in [7, 11) is 3.23. The van der Waals surface area contributed by atoms with Crippen LogP contribution in [0, 0.1) is 0 Å². The number of hydrogen-bond acceptors (Lipinski definition) is 8. The molecule has 12 nitrogen and oxygen atoms in total. The van der Waals surface area contributed by atoms with E-state index in [4.69, 9.17) is 11.6 Å². The van der Waals surface area contributed by atoms with E-state index in [1.54, 1.807) is 67.8 Å². The fourth-order valence-electron chi connectivity index (χ4n) is 4.91. The minimum Gasteiger partial charge on any atom is -0.464 e. The first-order chi connectivity index (χ1) is 17.2. The Hall–Kier alpha value is -4.00. The van der Waals surface area contributed by atoms with E-state index in [9.17, 15) is 24.7 Å². The molecule has 0 aliphatic carbocycles. The van der Waals surface area contributed by atoms with Gasteiger partial charge < -0.3 is 15.2 Å². The molecule has 0 radical (unpaired) electrons. The van der Waals surface area contributed by atoms with Gasteiger partial charge in [0.2, 0.25) is 0 Å². The van der Waals surface area contributed by atoms with E-state index < -0.39 is 36.4 Å². The van der Waals surface area contributed by atoms with E-state index >= 15 is 0 Å². The number of nitrogens with zero attached hydrogens (tertiary/aromatic N) is 6. The Kier molecular flexibility index (Phi) is 5.86. The summed E-state index contributed by atoms with van der Waals surface area (Å²) in [5, 5.41) is 27.1. The number of oxime groups is 1. The molecule has 3 N–H and O–H groups in total. The molecule has 186 valence electrons. The maximum Gasteiger partial charge on any atom is 0.416 e. The van der Waals surface area contributed by atoms with E-state index in [1.165, 1.54) is 4.90 Å². The first-order valence-electron chi connectivity index (χ1n) is 10.9. The summed E-state index contributed by atoms with van der Waals surface area (Å²) in [4.78, 5) is 47.0. The molecule has 3 amide bonds. The number of amides is 3. The predicted octanol–water partition coefficient (Wildman–Crippen LogP) is 2.04. The maximum absolute atomic E-state index is 13.6. The summed E-state index contributed by atoms with van der Waals surface area (Å²) < 4.78 is 1.02. The fourth-order valence-corrected chi connectivity index (χ4v) is 5.14. The van der Waals surface area contributed by atoms with Crippen molar-refractivity contribution in [2.45, 2.75) is 24.9 Å². The molecule has 2 aromatic heterocycles. The van der Waals surface area contributed by atoms with Crippen LogP contribution in [0.15, 0.2) is 53.9 Å². The van der Waals surface area contributed by atoms with Gasteiger partial charge in [0.05, 0.1) is 17.8 Å². The second-order valence-electron chi connectivity index (χ2n) is 8.59. The van der Waals surface area contributed by atoms with Crippen LogP contribution < -0.4 is 5.32 Å². The van der Waals surface area contributed by atoms with Gasteiger partial charge >= 0.3 is 12.1 Å². The molecule has 0 saturated carbocycles. The fraction of sp³-hybridized carbons (Fsp3) is 0.261. The third kappa shape index (κ3) is 3.58. The number of benzene rings is 1. The molecule has 13 heteroatoms. The topological polar surface area (TPSA) is 144 Å². The zero-order chi connectivity index (χ0) is 25.7. The van der Waals surface area contributed by atoms with Gasteiger partial charge in [-0.1, -0.05) is 22.8 Å². The van der Waals surface area contributed by atoms with E-state index in [0.29, 0.717) is 21.5 Å². The summed E-state index contributed by atoms with van der Waals surface area (Å²) >= 11 is 6.26. The molecule has 3 aromatic rings. The number of halogens is 1. The molecule has 36 heavy (non-hydrogen) atoms. The van der Waals surface area contributed by atoms with Crippen molar-refractivity contribution in [2.24, 2.45) is 5.16 Å². The van der Waals surface area contributed by atoms with Crippen molar-refractivity contribution >= 4 is 46.2 Å². The summed E-state index contributed by atoms with van der Waals surface area (Å²) in [5.74, 6) is -0.513. The number of likely N-dealkylation sites (N-methyl/N-ethyl adjacent to an activating group) is 2. The van der Waals surface area contributed by atoms with Gasteiger partial charge in [-0.25, -0.2) is 14.2 Å². The lowest BCUT2D eigenvalue weighted by Crippen LogP contribution is -2.65. The van der Waals surface area contributed by atoms with Gasteiger partial charge in [0.15, 0.2) is 0 Å². The van der Waals surface area contributed by atoms with Gasteiger partial charge in [-0.15, -0.1) is 0 Å². The molecular formula is C23H22ClN7O5. The molecule has 1 aromatic carbocycles. The predicted molar refractivity (Wildman–Crippen MR) is 129 cm³/mol. The summed E-state index contributed by atoms with van der Waals surface area (Å²) in [6.45, 7) is -0.271. The van der Waals surface area contributed by atoms with Gasteiger partial charge in [-0.2, -0.15) is 0 Å². The Morgan fingerprint density at radius 3 is 2.58 bits per heavy atom. The van der Waals surface area contributed by atoms with Crippen molar-refractivity contribution in [2.75, 3.05) is 14.1 Å². The number of pyridine rings is 1. The molecular weight excluding hydrogens is 490 g/mol. The molecule has 2 fully saturated rings. The number of carbonyl (C=O) groups excluding carboxylic acids is 2. The highest BCUT2D eigenvalue weighted by Crippen LogP contribution is 2.31. The molecule has 2 aliphatic heterocycles. The standard InChI is InChI=1S/C23H22ClN7O5/c1-28-18-20(26-19(28)17(27-36)12-6-8-25-9-7-12)29(2)22(33)30(21(18)32)11-13-10-14-15(24)4-3-5-16(14)31(13)23(34)35/h3-10,18-20,26,36H,11H2,1-2H3,(H,34,35). The number of urea groups is 1. The van der Waals surface area contributed by atoms with Crippen LogP contribution >= 0.6 is 11.6 Å². The van der Waals surface area contributed by atoms with Gasteiger partial charge in [0.1, 0.15) is 24.1 Å². The first kappa shape index (κ1) is 23.7. The Balaban J connectivity index is 1.49. The van der Waals surface area contributed by atoms with Gasteiger partial charge in [-0.05, 0) is 37.4 Å². The number of imide groups is 1. The van der Waals surface area contributed by atoms with E-state index in [-0.39, 0.29) is 18.0 Å². The SMILES string of the molecule is CN1C(=O)N(Cc2cc3c(Cl)cccc3n2C(=O)O)C(=O)C2C1NC(C(=NO)c1ccncc1)N2C. The van der Waals surface area contributed by atoms with Crippen LogP contribution in [0.4, 0.5) is 9.59 Å². The summed E-state index contributed by atoms with van der Waals surface area (Å²) in [6, 6.07) is 8.37. The van der Waals surface area contributed by atoms with E-state index in [0.717, 1.165) is 9.47 Å². The average Bonchev–Trinajstić information content (AvgIpc) is 3.41. The zero-order valence-electron chi connectivity index (χ0n) is 19.2. The number of carbonyl (C=O) groups is 3. The minimum atomic E-state index is -1.26. The van der Waals surface area contributed by atoms with Crippen molar-refractivity contribution < 1.29 is 24.7 Å². The largest absolute Gasteiger partial charge is 0.464 e. The number of aromatic nitrogens is 2. The maximum atomic E-state index is 13.6. The summed E-state index contributed by atoms with van der Waals surface area (Å²) in [6.07, 6.45) is 0.467. The Morgan fingerprint density at radius 1 is 1.19 bits per heavy atom. The van der Waals surface area contributed by atoms with Gasteiger partial charge in [0, 0.05) is 35.4 Å². The second-order valence-corrected chi connectivity index (χ2v) is 9.00. The zero-order valence-corrected chi connectivity index (χ0v) is 20.0. The lowest BCUT2D eigenvalue weighted by atomic mass is 10.1. The van der Waals surface area contributed by atoms with Crippen LogP contribution in [0.25, 0.3) is 10.9 Å². The van der Waals surface area contributed by atoms with Crippen LogP contribution in [-0.4, -0.2) is 90.8 Å². The van der Waals surface area contributed by atoms with Crippen molar-refractivity contribution in [1.29, 1.82) is 0 Å². The highest BCUT2D eigenvalue weighted by Gasteiger charge is 2.54. The number of fused-ring (bicyclic) bond motifs is 2. The monoisotopic (exact) mass is 511 g/mol. The molecule has 2 aliphatic rings. The molecule has 0 bridgehead atoms. The summed E-state index contributed by atoms with van der Waals surface area (Å²) in [5.41, 5.74) is 1.43. The lowest BCUT2D eigenvalue weighted by molar-refractivity contribution is -0.138. The van der Waals surface area contributed by atoms with Crippen LogP contribution in [0.5, 0.6) is 0 Å². The second kappa shape index (κ2) is 8.90. The Bertz CT molecular complexity index is 1410. The molecule has 0 spiro atoms. The van der Waals surface area contributed by atoms with Crippen molar-refractivity contribution in [1.82, 2.24) is 29.6 Å². The molecule has 4 heterocycles. The number of nitrogens with one attached hydrogen (secondary N) is 1. The van der Waals surface area contributed by atoms with Gasteiger partial charge in [0.25, 0.3) is 5.91 Å². The van der Waals surface area contributed by atoms with Crippen LogP contribution in [-0.2, 0) is 11.3 Å². The number of hydrogen-bond donors (Lipinski definition) is 3. The third-order valence-electron chi connectivity index (χ3n) is 6.67. The molecule has 5 rings (SSSR count). The lowest BCUT2D eigenvalue weighted by Gasteiger charge is -2.40. The third-order valence-corrected chi connectivity index (χ3v) is 7.00.